The summed E-state index contributed by atoms with van der Waals surface area (Å²) in [6, 6.07) is 6.99. The molecular formula is C26H25F5N4O3S. The predicted molar refractivity (Wildman–Crippen MR) is 131 cm³/mol. The monoisotopic (exact) mass is 568 g/mol. The van der Waals surface area contributed by atoms with Crippen molar-refractivity contribution >= 4 is 15.9 Å². The molecule has 2 heterocycles. The molecule has 1 amide bonds. The van der Waals surface area contributed by atoms with E-state index in [2.05, 4.69) is 15.3 Å². The number of carbonyl (C=O) groups excluding carboxylic acids is 1. The number of hydrogen-bond acceptors (Lipinski definition) is 5. The van der Waals surface area contributed by atoms with Crippen molar-refractivity contribution in [1.29, 1.82) is 0 Å². The topological polar surface area (TPSA) is 92.3 Å². The van der Waals surface area contributed by atoms with E-state index in [0.29, 0.717) is 12.6 Å². The number of nitrogens with zero attached hydrogens (tertiary/aromatic N) is 3. The second-order valence-electron chi connectivity index (χ2n) is 9.29. The number of carbonyl (C=O) groups is 1. The van der Waals surface area contributed by atoms with E-state index in [4.69, 9.17) is 0 Å². The number of benzene rings is 2. The summed E-state index contributed by atoms with van der Waals surface area (Å²) in [7, 11) is -4.10. The van der Waals surface area contributed by atoms with Crippen LogP contribution in [0, 0.1) is 17.6 Å². The van der Waals surface area contributed by atoms with E-state index < -0.39 is 45.5 Å². The van der Waals surface area contributed by atoms with Crippen LogP contribution in [-0.2, 0) is 27.5 Å². The first kappa shape index (κ1) is 28.6. The molecule has 1 aliphatic rings. The SMILES string of the molecule is CCCC1CC(C(=O)NCc2cc(F)cc(-c3cnc(C(F)(F)F)cn3)c2)N(S(=O)(=O)c2ccc(F)cc2)C1. The van der Waals surface area contributed by atoms with Gasteiger partial charge in [0, 0.05) is 18.7 Å². The van der Waals surface area contributed by atoms with Crippen LogP contribution in [0.3, 0.4) is 0 Å². The smallest absolute Gasteiger partial charge is 0.351 e. The number of amides is 1. The normalized spacial score (nSPS) is 18.3. The molecule has 1 saturated heterocycles. The molecule has 0 spiro atoms. The van der Waals surface area contributed by atoms with Gasteiger partial charge < -0.3 is 5.32 Å². The summed E-state index contributed by atoms with van der Waals surface area (Å²) in [5, 5.41) is 2.64. The Balaban J connectivity index is 1.52. The van der Waals surface area contributed by atoms with Crippen LogP contribution in [0.5, 0.6) is 0 Å². The van der Waals surface area contributed by atoms with Crippen LogP contribution in [0.15, 0.2) is 59.8 Å². The lowest BCUT2D eigenvalue weighted by Gasteiger charge is -2.23. The molecule has 39 heavy (non-hydrogen) atoms. The van der Waals surface area contributed by atoms with Gasteiger partial charge in [-0.2, -0.15) is 17.5 Å². The molecule has 2 atom stereocenters. The van der Waals surface area contributed by atoms with Gasteiger partial charge in [0.25, 0.3) is 0 Å². The number of alkyl halides is 3. The number of halogens is 5. The van der Waals surface area contributed by atoms with Crippen LogP contribution in [-0.4, -0.2) is 41.2 Å². The Bertz CT molecular complexity index is 1430. The molecule has 7 nitrogen and oxygen atoms in total. The fourth-order valence-electron chi connectivity index (χ4n) is 4.58. The highest BCUT2D eigenvalue weighted by Crippen LogP contribution is 2.33. The number of hydrogen-bond donors (Lipinski definition) is 1. The van der Waals surface area contributed by atoms with Gasteiger partial charge in [0.1, 0.15) is 17.7 Å². The summed E-state index contributed by atoms with van der Waals surface area (Å²) in [5.74, 6) is -1.94. The van der Waals surface area contributed by atoms with Gasteiger partial charge in [0.15, 0.2) is 5.69 Å². The van der Waals surface area contributed by atoms with Crippen LogP contribution in [0.1, 0.15) is 37.4 Å². The first-order valence-corrected chi connectivity index (χ1v) is 13.6. The molecule has 4 rings (SSSR count). The number of aromatic nitrogens is 2. The third-order valence-corrected chi connectivity index (χ3v) is 8.31. The van der Waals surface area contributed by atoms with Crippen LogP contribution >= 0.6 is 0 Å². The molecule has 2 unspecified atom stereocenters. The zero-order valence-corrected chi connectivity index (χ0v) is 21.6. The number of rotatable bonds is 8. The van der Waals surface area contributed by atoms with Gasteiger partial charge in [-0.25, -0.2) is 22.2 Å². The van der Waals surface area contributed by atoms with E-state index in [0.717, 1.165) is 53.3 Å². The van der Waals surface area contributed by atoms with Gasteiger partial charge in [-0.3, -0.25) is 9.78 Å². The van der Waals surface area contributed by atoms with Crippen molar-refractivity contribution in [2.24, 2.45) is 5.92 Å². The lowest BCUT2D eigenvalue weighted by atomic mass is 10.00. The Morgan fingerprint density at radius 1 is 1.05 bits per heavy atom. The molecule has 1 fully saturated rings. The first-order valence-electron chi connectivity index (χ1n) is 12.1. The van der Waals surface area contributed by atoms with Crippen molar-refractivity contribution in [2.45, 2.75) is 49.8 Å². The quantitative estimate of drug-likeness (QED) is 0.389. The van der Waals surface area contributed by atoms with Crippen LogP contribution in [0.25, 0.3) is 11.3 Å². The molecule has 2 aromatic carbocycles. The Labute approximate surface area is 222 Å². The Morgan fingerprint density at radius 3 is 2.38 bits per heavy atom. The molecule has 208 valence electrons. The average Bonchev–Trinajstić information content (AvgIpc) is 3.32. The summed E-state index contributed by atoms with van der Waals surface area (Å²) < 4.78 is 93.7. The maximum absolute atomic E-state index is 14.3. The Kier molecular flexibility index (Phi) is 8.31. The second-order valence-corrected chi connectivity index (χ2v) is 11.2. The molecule has 0 saturated carbocycles. The third kappa shape index (κ3) is 6.59. The highest BCUT2D eigenvalue weighted by atomic mass is 32.2. The number of sulfonamides is 1. The molecule has 1 aliphatic heterocycles. The van der Waals surface area contributed by atoms with Gasteiger partial charge in [0.2, 0.25) is 15.9 Å². The van der Waals surface area contributed by atoms with E-state index >= 15 is 0 Å². The van der Waals surface area contributed by atoms with Crippen LogP contribution < -0.4 is 5.32 Å². The maximum atomic E-state index is 14.3. The molecule has 1 aromatic heterocycles. The lowest BCUT2D eigenvalue weighted by molar-refractivity contribution is -0.141. The minimum atomic E-state index is -4.67. The van der Waals surface area contributed by atoms with E-state index in [9.17, 15) is 35.2 Å². The van der Waals surface area contributed by atoms with E-state index in [-0.39, 0.29) is 47.1 Å². The van der Waals surface area contributed by atoms with Crippen molar-refractivity contribution in [3.63, 3.8) is 0 Å². The highest BCUT2D eigenvalue weighted by Gasteiger charge is 2.43. The summed E-state index contributed by atoms with van der Waals surface area (Å²) in [5.41, 5.74) is -0.737. The Morgan fingerprint density at radius 2 is 1.77 bits per heavy atom. The third-order valence-electron chi connectivity index (χ3n) is 6.42. The van der Waals surface area contributed by atoms with Crippen LogP contribution in [0.2, 0.25) is 0 Å². The predicted octanol–water partition coefficient (Wildman–Crippen LogP) is 4.94. The molecule has 3 aromatic rings. The van der Waals surface area contributed by atoms with Gasteiger partial charge in [-0.1, -0.05) is 13.3 Å². The molecule has 13 heteroatoms. The summed E-state index contributed by atoms with van der Waals surface area (Å²) in [6.07, 6.45) is -1.45. The Hall–Kier alpha value is -3.45. The minimum absolute atomic E-state index is 0.00448. The average molecular weight is 569 g/mol. The van der Waals surface area contributed by atoms with Gasteiger partial charge in [-0.05, 0) is 66.8 Å². The standard InChI is InChI=1S/C26H25F5N4O3S/c1-2-3-16-10-23(35(15-16)39(37,38)21-6-4-19(27)5-7-21)25(36)34-12-17-8-18(11-20(28)9-17)22-13-33-24(14-32-22)26(29,30)31/h4-9,11,13-14,16,23H,2-3,10,12,15H2,1H3,(H,34,36). The van der Waals surface area contributed by atoms with Crippen molar-refractivity contribution in [1.82, 2.24) is 19.6 Å². The maximum Gasteiger partial charge on any atom is 0.434 e. The van der Waals surface area contributed by atoms with E-state index in [1.54, 1.807) is 0 Å². The fraction of sp³-hybridized carbons (Fsp3) is 0.346. The van der Waals surface area contributed by atoms with Crippen molar-refractivity contribution in [3.05, 3.63) is 77.8 Å². The van der Waals surface area contributed by atoms with Gasteiger partial charge in [-0.15, -0.1) is 0 Å². The van der Waals surface area contributed by atoms with Crippen molar-refractivity contribution in [3.8, 4) is 11.3 Å². The summed E-state index contributed by atoms with van der Waals surface area (Å²) >= 11 is 0. The summed E-state index contributed by atoms with van der Waals surface area (Å²) in [4.78, 5) is 20.1. The molecule has 0 aliphatic carbocycles. The second kappa shape index (κ2) is 11.3. The van der Waals surface area contributed by atoms with Crippen molar-refractivity contribution < 1.29 is 35.2 Å². The molecule has 0 bridgehead atoms. The summed E-state index contributed by atoms with van der Waals surface area (Å²) in [6.45, 7) is 1.91. The number of nitrogens with one attached hydrogen (secondary N) is 1. The van der Waals surface area contributed by atoms with Crippen LogP contribution in [0.4, 0.5) is 22.0 Å². The minimum Gasteiger partial charge on any atom is -0.351 e. The van der Waals surface area contributed by atoms with E-state index in [1.165, 1.54) is 6.07 Å². The lowest BCUT2D eigenvalue weighted by Crippen LogP contribution is -2.45. The highest BCUT2D eigenvalue weighted by molar-refractivity contribution is 7.89. The van der Waals surface area contributed by atoms with Gasteiger partial charge in [0.05, 0.1) is 23.0 Å². The molecular weight excluding hydrogens is 543 g/mol. The largest absolute Gasteiger partial charge is 0.434 e. The zero-order valence-electron chi connectivity index (χ0n) is 20.8. The molecule has 1 N–H and O–H groups in total. The van der Waals surface area contributed by atoms with E-state index in [1.807, 2.05) is 6.92 Å². The van der Waals surface area contributed by atoms with Gasteiger partial charge >= 0.3 is 6.18 Å². The van der Waals surface area contributed by atoms with Crippen molar-refractivity contribution in [2.75, 3.05) is 6.54 Å². The zero-order chi connectivity index (χ0) is 28.4. The first-order chi connectivity index (χ1) is 18.4. The molecule has 0 radical (unpaired) electrons. The fourth-order valence-corrected chi connectivity index (χ4v) is 6.26.